The van der Waals surface area contributed by atoms with E-state index in [0.717, 1.165) is 28.0 Å². The molecule has 0 radical (unpaired) electrons. The van der Waals surface area contributed by atoms with Crippen molar-refractivity contribution in [1.29, 1.82) is 0 Å². The standard InChI is InChI=1S/C18H23F3N4O2S.HI/c1-22-17(23-8-7-16-25-15(12-28-16)18(19,20)21)24-9-10-27-11-13-5-3-4-6-14(13)26-2;/h3-6,12H,7-11H2,1-2H3,(H2,22,23,24);1H. The van der Waals surface area contributed by atoms with Gasteiger partial charge in [-0.1, -0.05) is 18.2 Å². The first-order chi connectivity index (χ1) is 13.4. The predicted molar refractivity (Wildman–Crippen MR) is 118 cm³/mol. The molecule has 2 rings (SSSR count). The molecule has 1 aromatic carbocycles. The Morgan fingerprint density at radius 1 is 1.21 bits per heavy atom. The SMILES string of the molecule is CN=C(NCCOCc1ccccc1OC)NCCc1nc(C(F)(F)F)cs1.I. The third-order valence-electron chi connectivity index (χ3n) is 3.69. The number of hydrogen-bond acceptors (Lipinski definition) is 5. The first kappa shape index (κ1) is 25.4. The first-order valence-electron chi connectivity index (χ1n) is 8.59. The molecule has 0 aliphatic rings. The van der Waals surface area contributed by atoms with E-state index in [1.165, 1.54) is 0 Å². The molecule has 0 saturated carbocycles. The highest BCUT2D eigenvalue weighted by atomic mass is 127. The minimum Gasteiger partial charge on any atom is -0.496 e. The Morgan fingerprint density at radius 3 is 2.59 bits per heavy atom. The molecule has 2 aromatic rings. The van der Waals surface area contributed by atoms with Crippen LogP contribution in [0.2, 0.25) is 0 Å². The van der Waals surface area contributed by atoms with Crippen molar-refractivity contribution in [1.82, 2.24) is 15.6 Å². The summed E-state index contributed by atoms with van der Waals surface area (Å²) in [6.07, 6.45) is -4.02. The average molecular weight is 544 g/mol. The second kappa shape index (κ2) is 12.9. The van der Waals surface area contributed by atoms with Gasteiger partial charge in [0, 0.05) is 37.5 Å². The van der Waals surface area contributed by atoms with Crippen molar-refractivity contribution in [3.8, 4) is 5.75 Å². The molecule has 0 bridgehead atoms. The van der Waals surface area contributed by atoms with E-state index in [-0.39, 0.29) is 24.0 Å². The van der Waals surface area contributed by atoms with E-state index in [1.807, 2.05) is 24.3 Å². The summed E-state index contributed by atoms with van der Waals surface area (Å²) >= 11 is 0.999. The zero-order chi connectivity index (χ0) is 20.4. The molecule has 0 spiro atoms. The predicted octanol–water partition coefficient (Wildman–Crippen LogP) is 3.71. The normalized spacial score (nSPS) is 11.7. The van der Waals surface area contributed by atoms with Crippen LogP contribution < -0.4 is 15.4 Å². The number of halogens is 4. The molecule has 0 atom stereocenters. The molecule has 0 saturated heterocycles. The number of thiazole rings is 1. The number of para-hydroxylation sites is 1. The fraction of sp³-hybridized carbons (Fsp3) is 0.444. The van der Waals surface area contributed by atoms with E-state index in [2.05, 4.69) is 20.6 Å². The average Bonchev–Trinajstić information content (AvgIpc) is 3.16. The quantitative estimate of drug-likeness (QED) is 0.218. The van der Waals surface area contributed by atoms with Gasteiger partial charge in [0.2, 0.25) is 0 Å². The van der Waals surface area contributed by atoms with E-state index in [4.69, 9.17) is 9.47 Å². The van der Waals surface area contributed by atoms with Crippen LogP contribution in [0.15, 0.2) is 34.6 Å². The number of aromatic nitrogens is 1. The first-order valence-corrected chi connectivity index (χ1v) is 9.47. The van der Waals surface area contributed by atoms with Crippen LogP contribution in [0.3, 0.4) is 0 Å². The van der Waals surface area contributed by atoms with Gasteiger partial charge in [0.15, 0.2) is 11.7 Å². The van der Waals surface area contributed by atoms with E-state index >= 15 is 0 Å². The van der Waals surface area contributed by atoms with Gasteiger partial charge in [0.25, 0.3) is 0 Å². The molecule has 2 N–H and O–H groups in total. The molecule has 162 valence electrons. The summed E-state index contributed by atoms with van der Waals surface area (Å²) in [5.74, 6) is 1.33. The molecule has 0 aliphatic heterocycles. The van der Waals surface area contributed by atoms with Gasteiger partial charge >= 0.3 is 6.18 Å². The van der Waals surface area contributed by atoms with Gasteiger partial charge in [-0.05, 0) is 6.07 Å². The summed E-state index contributed by atoms with van der Waals surface area (Å²) in [5.41, 5.74) is 0.122. The molecule has 1 aromatic heterocycles. The lowest BCUT2D eigenvalue weighted by atomic mass is 10.2. The van der Waals surface area contributed by atoms with Crippen LogP contribution in [0.25, 0.3) is 0 Å². The van der Waals surface area contributed by atoms with Gasteiger partial charge in [-0.2, -0.15) is 13.2 Å². The zero-order valence-corrected chi connectivity index (χ0v) is 19.2. The second-order valence-electron chi connectivity index (χ2n) is 5.66. The Bertz CT molecular complexity index is 772. The molecule has 0 unspecified atom stereocenters. The van der Waals surface area contributed by atoms with E-state index in [0.29, 0.717) is 43.7 Å². The monoisotopic (exact) mass is 544 g/mol. The van der Waals surface area contributed by atoms with Crippen molar-refractivity contribution in [3.05, 3.63) is 45.9 Å². The highest BCUT2D eigenvalue weighted by molar-refractivity contribution is 14.0. The van der Waals surface area contributed by atoms with Crippen LogP contribution in [-0.4, -0.2) is 44.8 Å². The molecular formula is C18H24F3IN4O2S. The smallest absolute Gasteiger partial charge is 0.434 e. The number of rotatable bonds is 9. The van der Waals surface area contributed by atoms with E-state index in [9.17, 15) is 13.2 Å². The summed E-state index contributed by atoms with van der Waals surface area (Å²) in [7, 11) is 3.24. The lowest BCUT2D eigenvalue weighted by Gasteiger charge is -2.12. The number of nitrogens with zero attached hydrogens (tertiary/aromatic N) is 2. The molecule has 1 heterocycles. The minimum absolute atomic E-state index is 0. The summed E-state index contributed by atoms with van der Waals surface area (Å²) < 4.78 is 48.5. The summed E-state index contributed by atoms with van der Waals surface area (Å²) in [4.78, 5) is 7.67. The number of ether oxygens (including phenoxy) is 2. The molecule has 6 nitrogen and oxygen atoms in total. The zero-order valence-electron chi connectivity index (χ0n) is 16.1. The number of guanidine groups is 1. The second-order valence-corrected chi connectivity index (χ2v) is 6.61. The topological polar surface area (TPSA) is 67.8 Å². The van der Waals surface area contributed by atoms with Crippen LogP contribution in [0.5, 0.6) is 5.75 Å². The van der Waals surface area contributed by atoms with Crippen molar-refractivity contribution in [3.63, 3.8) is 0 Å². The van der Waals surface area contributed by atoms with Crippen molar-refractivity contribution < 1.29 is 22.6 Å². The summed E-state index contributed by atoms with van der Waals surface area (Å²) in [5, 5.41) is 7.58. The number of benzene rings is 1. The van der Waals surface area contributed by atoms with Crippen molar-refractivity contribution in [2.75, 3.05) is 33.9 Å². The third kappa shape index (κ3) is 8.74. The van der Waals surface area contributed by atoms with Crippen LogP contribution >= 0.6 is 35.3 Å². The summed E-state index contributed by atoms with van der Waals surface area (Å²) in [6, 6.07) is 7.64. The fourth-order valence-electron chi connectivity index (χ4n) is 2.31. The van der Waals surface area contributed by atoms with E-state index in [1.54, 1.807) is 14.2 Å². The van der Waals surface area contributed by atoms with Crippen molar-refractivity contribution in [2.45, 2.75) is 19.2 Å². The molecule has 29 heavy (non-hydrogen) atoms. The molecule has 0 aliphatic carbocycles. The molecule has 11 heteroatoms. The van der Waals surface area contributed by atoms with Gasteiger partial charge in [-0.25, -0.2) is 4.98 Å². The van der Waals surface area contributed by atoms with Crippen LogP contribution in [0.1, 0.15) is 16.3 Å². The van der Waals surface area contributed by atoms with Gasteiger partial charge in [0.05, 0.1) is 25.3 Å². The largest absolute Gasteiger partial charge is 0.496 e. The highest BCUT2D eigenvalue weighted by Crippen LogP contribution is 2.30. The Morgan fingerprint density at radius 2 is 1.93 bits per heavy atom. The lowest BCUT2D eigenvalue weighted by molar-refractivity contribution is -0.140. The summed E-state index contributed by atoms with van der Waals surface area (Å²) in [6.45, 7) is 1.85. The van der Waals surface area contributed by atoms with Gasteiger partial charge in [-0.3, -0.25) is 4.99 Å². The Labute approximate surface area is 188 Å². The number of hydrogen-bond donors (Lipinski definition) is 2. The van der Waals surface area contributed by atoms with Crippen LogP contribution in [-0.2, 0) is 23.9 Å². The Kier molecular flexibility index (Phi) is 11.3. The lowest BCUT2D eigenvalue weighted by Crippen LogP contribution is -2.39. The van der Waals surface area contributed by atoms with Crippen LogP contribution in [0, 0.1) is 0 Å². The highest BCUT2D eigenvalue weighted by Gasteiger charge is 2.33. The van der Waals surface area contributed by atoms with Crippen molar-refractivity contribution >= 4 is 41.3 Å². The van der Waals surface area contributed by atoms with Gasteiger partial charge < -0.3 is 20.1 Å². The number of alkyl halides is 3. The molecule has 0 amide bonds. The van der Waals surface area contributed by atoms with Gasteiger partial charge in [-0.15, -0.1) is 35.3 Å². The minimum atomic E-state index is -4.40. The maximum atomic E-state index is 12.5. The number of methoxy groups -OCH3 is 1. The molecule has 0 fully saturated rings. The van der Waals surface area contributed by atoms with Crippen molar-refractivity contribution in [2.24, 2.45) is 4.99 Å². The van der Waals surface area contributed by atoms with E-state index < -0.39 is 11.9 Å². The number of nitrogens with one attached hydrogen (secondary N) is 2. The fourth-order valence-corrected chi connectivity index (χ4v) is 3.12. The third-order valence-corrected chi connectivity index (χ3v) is 4.59. The Balaban J connectivity index is 0.00000420. The van der Waals surface area contributed by atoms with Crippen LogP contribution in [0.4, 0.5) is 13.2 Å². The maximum absolute atomic E-state index is 12.5. The molecular weight excluding hydrogens is 520 g/mol. The van der Waals surface area contributed by atoms with Gasteiger partial charge in [0.1, 0.15) is 5.75 Å². The number of aliphatic imine (C=N–C) groups is 1. The maximum Gasteiger partial charge on any atom is 0.434 e. The Hall–Kier alpha value is -1.60.